The molecule has 0 amide bonds. The molecule has 2 aromatic rings. The van der Waals surface area contributed by atoms with Crippen LogP contribution in [0.15, 0.2) is 24.7 Å². The summed E-state index contributed by atoms with van der Waals surface area (Å²) in [5.41, 5.74) is 2.38. The SMILES string of the molecule is Cc1cc(CNC(C)C)cnc1-n1ccnc1C. The van der Waals surface area contributed by atoms with Crippen LogP contribution in [-0.2, 0) is 6.54 Å². The standard InChI is InChI=1S/C14H20N4/c1-10(2)16-8-13-7-11(3)14(17-9-13)18-6-5-15-12(18)4/h5-7,9-10,16H,8H2,1-4H3. The maximum atomic E-state index is 4.54. The van der Waals surface area contributed by atoms with E-state index < -0.39 is 0 Å². The lowest BCUT2D eigenvalue weighted by atomic mass is 10.2. The summed E-state index contributed by atoms with van der Waals surface area (Å²) >= 11 is 0. The molecule has 2 heterocycles. The lowest BCUT2D eigenvalue weighted by Gasteiger charge is -2.11. The van der Waals surface area contributed by atoms with Crippen LogP contribution in [0.25, 0.3) is 5.82 Å². The van der Waals surface area contributed by atoms with Gasteiger partial charge in [-0.2, -0.15) is 0 Å². The molecule has 96 valence electrons. The minimum Gasteiger partial charge on any atom is -0.310 e. The predicted molar refractivity (Wildman–Crippen MR) is 72.8 cm³/mol. The zero-order valence-electron chi connectivity index (χ0n) is 11.4. The van der Waals surface area contributed by atoms with Crippen molar-refractivity contribution in [3.63, 3.8) is 0 Å². The summed E-state index contributed by atoms with van der Waals surface area (Å²) < 4.78 is 2.01. The van der Waals surface area contributed by atoms with E-state index in [1.54, 1.807) is 6.20 Å². The van der Waals surface area contributed by atoms with Gasteiger partial charge in [0, 0.05) is 31.2 Å². The average Bonchev–Trinajstić information content (AvgIpc) is 2.73. The molecule has 0 radical (unpaired) electrons. The topological polar surface area (TPSA) is 42.7 Å². The number of rotatable bonds is 4. The first kappa shape index (κ1) is 12.8. The van der Waals surface area contributed by atoms with Crippen LogP contribution in [0.5, 0.6) is 0 Å². The second-order valence-corrected chi connectivity index (χ2v) is 4.86. The number of aryl methyl sites for hydroxylation is 2. The van der Waals surface area contributed by atoms with Gasteiger partial charge in [-0.15, -0.1) is 0 Å². The Kier molecular flexibility index (Phi) is 3.77. The van der Waals surface area contributed by atoms with Gasteiger partial charge in [0.15, 0.2) is 0 Å². The highest BCUT2D eigenvalue weighted by Gasteiger charge is 2.06. The molecule has 1 N–H and O–H groups in total. The highest BCUT2D eigenvalue weighted by atomic mass is 15.1. The summed E-state index contributed by atoms with van der Waals surface area (Å²) in [5.74, 6) is 1.91. The number of hydrogen-bond donors (Lipinski definition) is 1. The summed E-state index contributed by atoms with van der Waals surface area (Å²) in [6, 6.07) is 2.66. The summed E-state index contributed by atoms with van der Waals surface area (Å²) in [7, 11) is 0. The van der Waals surface area contributed by atoms with Gasteiger partial charge in [-0.25, -0.2) is 9.97 Å². The van der Waals surface area contributed by atoms with Crippen molar-refractivity contribution in [2.75, 3.05) is 0 Å². The first-order chi connectivity index (χ1) is 8.58. The molecule has 0 aliphatic rings. The van der Waals surface area contributed by atoms with E-state index in [1.165, 1.54) is 11.1 Å². The maximum absolute atomic E-state index is 4.54. The van der Waals surface area contributed by atoms with Crippen LogP contribution in [0.3, 0.4) is 0 Å². The van der Waals surface area contributed by atoms with Gasteiger partial charge in [0.1, 0.15) is 11.6 Å². The Morgan fingerprint density at radius 1 is 1.28 bits per heavy atom. The third kappa shape index (κ3) is 2.76. The molecule has 0 saturated heterocycles. The van der Waals surface area contributed by atoms with Crippen molar-refractivity contribution in [3.05, 3.63) is 41.6 Å². The fraction of sp³-hybridized carbons (Fsp3) is 0.429. The number of aromatic nitrogens is 3. The molecule has 0 aromatic carbocycles. The van der Waals surface area contributed by atoms with Crippen molar-refractivity contribution in [1.82, 2.24) is 19.9 Å². The summed E-state index contributed by atoms with van der Waals surface area (Å²) in [4.78, 5) is 8.77. The van der Waals surface area contributed by atoms with Gasteiger partial charge in [0.2, 0.25) is 0 Å². The molecule has 4 heteroatoms. The first-order valence-electron chi connectivity index (χ1n) is 6.27. The van der Waals surface area contributed by atoms with E-state index >= 15 is 0 Å². The first-order valence-corrected chi connectivity index (χ1v) is 6.27. The third-order valence-corrected chi connectivity index (χ3v) is 2.88. The molecule has 0 unspecified atom stereocenters. The summed E-state index contributed by atoms with van der Waals surface area (Å²) in [6.45, 7) is 9.21. The van der Waals surface area contributed by atoms with Gasteiger partial charge in [0.25, 0.3) is 0 Å². The molecule has 0 bridgehead atoms. The lowest BCUT2D eigenvalue weighted by Crippen LogP contribution is -2.22. The van der Waals surface area contributed by atoms with Gasteiger partial charge in [-0.3, -0.25) is 4.57 Å². The molecule has 0 aliphatic heterocycles. The Bertz CT molecular complexity index is 528. The van der Waals surface area contributed by atoms with Gasteiger partial charge in [-0.05, 0) is 31.0 Å². The number of pyridine rings is 1. The quantitative estimate of drug-likeness (QED) is 0.898. The minimum absolute atomic E-state index is 0.487. The average molecular weight is 244 g/mol. The molecule has 0 atom stereocenters. The van der Waals surface area contributed by atoms with Crippen molar-refractivity contribution >= 4 is 0 Å². The number of nitrogens with one attached hydrogen (secondary N) is 1. The van der Waals surface area contributed by atoms with Crippen LogP contribution in [0, 0.1) is 13.8 Å². The Balaban J connectivity index is 2.23. The molecule has 2 aromatic heterocycles. The smallest absolute Gasteiger partial charge is 0.140 e. The van der Waals surface area contributed by atoms with E-state index in [1.807, 2.05) is 23.9 Å². The van der Waals surface area contributed by atoms with E-state index in [4.69, 9.17) is 0 Å². The zero-order valence-corrected chi connectivity index (χ0v) is 11.4. The second kappa shape index (κ2) is 5.31. The Hall–Kier alpha value is -1.68. The molecular formula is C14H20N4. The fourth-order valence-corrected chi connectivity index (χ4v) is 1.90. The van der Waals surface area contributed by atoms with Crippen LogP contribution >= 0.6 is 0 Å². The highest BCUT2D eigenvalue weighted by molar-refractivity contribution is 5.36. The Morgan fingerprint density at radius 3 is 2.61 bits per heavy atom. The molecular weight excluding hydrogens is 224 g/mol. The number of hydrogen-bond acceptors (Lipinski definition) is 3. The maximum Gasteiger partial charge on any atom is 0.140 e. The molecule has 4 nitrogen and oxygen atoms in total. The Labute approximate surface area is 108 Å². The van der Waals surface area contributed by atoms with Crippen LogP contribution < -0.4 is 5.32 Å². The van der Waals surface area contributed by atoms with Gasteiger partial charge >= 0.3 is 0 Å². The van der Waals surface area contributed by atoms with Crippen LogP contribution in [0.4, 0.5) is 0 Å². The van der Waals surface area contributed by atoms with E-state index in [0.29, 0.717) is 6.04 Å². The largest absolute Gasteiger partial charge is 0.310 e. The normalized spacial score (nSPS) is 11.2. The fourth-order valence-electron chi connectivity index (χ4n) is 1.90. The number of nitrogens with zero attached hydrogens (tertiary/aromatic N) is 3. The van der Waals surface area contributed by atoms with Crippen molar-refractivity contribution in [2.24, 2.45) is 0 Å². The van der Waals surface area contributed by atoms with Crippen molar-refractivity contribution in [1.29, 1.82) is 0 Å². The molecule has 0 fully saturated rings. The van der Waals surface area contributed by atoms with Crippen LogP contribution in [0.1, 0.15) is 30.8 Å². The molecule has 0 saturated carbocycles. The minimum atomic E-state index is 0.487. The third-order valence-electron chi connectivity index (χ3n) is 2.88. The van der Waals surface area contributed by atoms with Gasteiger partial charge in [-0.1, -0.05) is 13.8 Å². The van der Waals surface area contributed by atoms with E-state index in [-0.39, 0.29) is 0 Å². The van der Waals surface area contributed by atoms with Crippen molar-refractivity contribution in [3.8, 4) is 5.82 Å². The van der Waals surface area contributed by atoms with E-state index in [9.17, 15) is 0 Å². The van der Waals surface area contributed by atoms with Crippen molar-refractivity contribution in [2.45, 2.75) is 40.3 Å². The molecule has 0 spiro atoms. The zero-order chi connectivity index (χ0) is 13.1. The monoisotopic (exact) mass is 244 g/mol. The van der Waals surface area contributed by atoms with E-state index in [0.717, 1.165) is 18.2 Å². The second-order valence-electron chi connectivity index (χ2n) is 4.86. The molecule has 18 heavy (non-hydrogen) atoms. The predicted octanol–water partition coefficient (Wildman–Crippen LogP) is 2.38. The molecule has 0 aliphatic carbocycles. The van der Waals surface area contributed by atoms with Gasteiger partial charge < -0.3 is 5.32 Å². The van der Waals surface area contributed by atoms with Crippen LogP contribution in [0.2, 0.25) is 0 Å². The summed E-state index contributed by atoms with van der Waals surface area (Å²) in [5, 5.41) is 3.40. The van der Waals surface area contributed by atoms with Crippen LogP contribution in [-0.4, -0.2) is 20.6 Å². The lowest BCUT2D eigenvalue weighted by molar-refractivity contribution is 0.587. The molecule has 2 rings (SSSR count). The van der Waals surface area contributed by atoms with Crippen molar-refractivity contribution < 1.29 is 0 Å². The summed E-state index contributed by atoms with van der Waals surface area (Å²) in [6.07, 6.45) is 5.67. The van der Waals surface area contributed by atoms with E-state index in [2.05, 4.69) is 42.1 Å². The Morgan fingerprint density at radius 2 is 2.06 bits per heavy atom. The highest BCUT2D eigenvalue weighted by Crippen LogP contribution is 2.14. The number of imidazole rings is 1. The van der Waals surface area contributed by atoms with Gasteiger partial charge in [0.05, 0.1) is 0 Å².